The van der Waals surface area contributed by atoms with Crippen molar-refractivity contribution >= 4 is 17.5 Å². The Morgan fingerprint density at radius 1 is 1.08 bits per heavy atom. The van der Waals surface area contributed by atoms with Crippen molar-refractivity contribution < 1.29 is 9.90 Å². The molecule has 2 N–H and O–H groups in total. The van der Waals surface area contributed by atoms with Crippen LogP contribution in [0.5, 0.6) is 0 Å². The molecule has 1 aromatic heterocycles. The van der Waals surface area contributed by atoms with Gasteiger partial charge in [0.1, 0.15) is 0 Å². The summed E-state index contributed by atoms with van der Waals surface area (Å²) in [5.74, 6) is -0.323. The lowest BCUT2D eigenvalue weighted by molar-refractivity contribution is 0.0916. The molecule has 0 radical (unpaired) electrons. The number of nitrogens with zero attached hydrogens (tertiary/aromatic N) is 1. The van der Waals surface area contributed by atoms with Crippen LogP contribution in [0.2, 0.25) is 5.02 Å². The van der Waals surface area contributed by atoms with Crippen LogP contribution in [0, 0.1) is 6.92 Å². The first kappa shape index (κ1) is 18.1. The molecule has 1 heterocycles. The highest BCUT2D eigenvalue weighted by Gasteiger charge is 2.17. The molecule has 3 aromatic rings. The normalized spacial score (nSPS) is 11.8. The molecule has 132 valence electrons. The van der Waals surface area contributed by atoms with E-state index in [1.54, 1.807) is 24.5 Å². The second-order valence-corrected chi connectivity index (χ2v) is 6.46. The molecule has 0 aliphatic carbocycles. The fraction of sp³-hybridized carbons (Fsp3) is 0.143. The van der Waals surface area contributed by atoms with E-state index in [0.717, 1.165) is 22.3 Å². The summed E-state index contributed by atoms with van der Waals surface area (Å²) < 4.78 is 0. The largest absolute Gasteiger partial charge is 0.394 e. The summed E-state index contributed by atoms with van der Waals surface area (Å²) >= 11 is 6.33. The molecular formula is C21H19ClN2O2. The average Bonchev–Trinajstić information content (AvgIpc) is 2.67. The summed E-state index contributed by atoms with van der Waals surface area (Å²) in [6.45, 7) is 1.79. The summed E-state index contributed by atoms with van der Waals surface area (Å²) in [5, 5.41) is 12.8. The van der Waals surface area contributed by atoms with Crippen LogP contribution in [0.15, 0.2) is 67.0 Å². The number of aliphatic hydroxyl groups excluding tert-OH is 1. The maximum Gasteiger partial charge on any atom is 0.253 e. The molecular weight excluding hydrogens is 348 g/mol. The van der Waals surface area contributed by atoms with Gasteiger partial charge in [0.05, 0.1) is 23.2 Å². The van der Waals surface area contributed by atoms with Gasteiger partial charge in [-0.15, -0.1) is 0 Å². The number of nitrogens with one attached hydrogen (secondary N) is 1. The zero-order valence-corrected chi connectivity index (χ0v) is 15.1. The Hall–Kier alpha value is -2.69. The van der Waals surface area contributed by atoms with Crippen LogP contribution in [0.4, 0.5) is 0 Å². The van der Waals surface area contributed by atoms with Crippen LogP contribution in [-0.4, -0.2) is 22.6 Å². The summed E-state index contributed by atoms with van der Waals surface area (Å²) in [6, 6.07) is 16.2. The number of pyridine rings is 1. The molecule has 0 saturated heterocycles. The number of aliphatic hydroxyl groups is 1. The third-order valence-corrected chi connectivity index (χ3v) is 4.51. The van der Waals surface area contributed by atoms with E-state index in [-0.39, 0.29) is 12.5 Å². The predicted octanol–water partition coefficient (Wildman–Crippen LogP) is 4.17. The van der Waals surface area contributed by atoms with Crippen molar-refractivity contribution in [3.63, 3.8) is 0 Å². The molecule has 4 nitrogen and oxygen atoms in total. The van der Waals surface area contributed by atoms with Crippen LogP contribution < -0.4 is 5.32 Å². The van der Waals surface area contributed by atoms with Gasteiger partial charge < -0.3 is 10.4 Å². The molecule has 1 amide bonds. The highest BCUT2D eigenvalue weighted by atomic mass is 35.5. The molecule has 3 rings (SSSR count). The molecule has 2 aromatic carbocycles. The lowest BCUT2D eigenvalue weighted by Crippen LogP contribution is -2.31. The van der Waals surface area contributed by atoms with Crippen LogP contribution >= 0.6 is 11.6 Å². The van der Waals surface area contributed by atoms with E-state index in [0.29, 0.717) is 10.6 Å². The number of rotatable bonds is 5. The molecule has 0 spiro atoms. The molecule has 0 aliphatic heterocycles. The van der Waals surface area contributed by atoms with E-state index in [4.69, 9.17) is 11.6 Å². The maximum atomic E-state index is 12.6. The smallest absolute Gasteiger partial charge is 0.253 e. The predicted molar refractivity (Wildman–Crippen MR) is 103 cm³/mol. The quantitative estimate of drug-likeness (QED) is 0.712. The topological polar surface area (TPSA) is 62.2 Å². The number of benzene rings is 2. The number of aryl methyl sites for hydroxylation is 1. The van der Waals surface area contributed by atoms with Crippen LogP contribution in [0.25, 0.3) is 11.1 Å². The number of halogens is 1. The third-order valence-electron chi connectivity index (χ3n) is 4.19. The minimum absolute atomic E-state index is 0.193. The second-order valence-electron chi connectivity index (χ2n) is 6.05. The fourth-order valence-electron chi connectivity index (χ4n) is 2.69. The van der Waals surface area contributed by atoms with Crippen molar-refractivity contribution in [3.8, 4) is 11.1 Å². The molecule has 26 heavy (non-hydrogen) atoms. The Bertz CT molecular complexity index is 896. The average molecular weight is 367 g/mol. The molecule has 0 saturated carbocycles. The SMILES string of the molecule is Cc1ccc(C(CO)NC(=O)c2ccc(-c3ccncc3)cc2Cl)cc1. The first-order valence-electron chi connectivity index (χ1n) is 8.26. The van der Waals surface area contributed by atoms with Crippen molar-refractivity contribution in [2.45, 2.75) is 13.0 Å². The van der Waals surface area contributed by atoms with E-state index in [1.165, 1.54) is 0 Å². The van der Waals surface area contributed by atoms with E-state index in [9.17, 15) is 9.90 Å². The zero-order valence-electron chi connectivity index (χ0n) is 14.3. The number of hydrogen-bond donors (Lipinski definition) is 2. The van der Waals surface area contributed by atoms with Crippen LogP contribution in [-0.2, 0) is 0 Å². The lowest BCUT2D eigenvalue weighted by Gasteiger charge is -2.18. The molecule has 0 bridgehead atoms. The molecule has 1 atom stereocenters. The standard InChI is InChI=1S/C21H19ClN2O2/c1-14-2-4-16(5-3-14)20(13-25)24-21(26)18-7-6-17(12-19(18)22)15-8-10-23-11-9-15/h2-12,20,25H,13H2,1H3,(H,24,26). The van der Waals surface area contributed by atoms with Gasteiger partial charge in [-0.1, -0.05) is 47.5 Å². The molecule has 0 aliphatic rings. The zero-order chi connectivity index (χ0) is 18.5. The Morgan fingerprint density at radius 3 is 2.38 bits per heavy atom. The van der Waals surface area contributed by atoms with Crippen molar-refractivity contribution in [1.29, 1.82) is 0 Å². The van der Waals surface area contributed by atoms with Gasteiger partial charge in [-0.05, 0) is 47.9 Å². The number of carbonyl (C=O) groups is 1. The van der Waals surface area contributed by atoms with Crippen molar-refractivity contribution in [3.05, 3.63) is 88.7 Å². The Morgan fingerprint density at radius 2 is 1.77 bits per heavy atom. The monoisotopic (exact) mass is 366 g/mol. The number of hydrogen-bond acceptors (Lipinski definition) is 3. The van der Waals surface area contributed by atoms with E-state index in [1.807, 2.05) is 49.4 Å². The third kappa shape index (κ3) is 4.10. The second kappa shape index (κ2) is 8.13. The minimum atomic E-state index is -0.487. The van der Waals surface area contributed by atoms with Crippen molar-refractivity contribution in [2.24, 2.45) is 0 Å². The van der Waals surface area contributed by atoms with Gasteiger partial charge in [0.25, 0.3) is 5.91 Å². The Labute approximate surface area is 157 Å². The van der Waals surface area contributed by atoms with E-state index < -0.39 is 6.04 Å². The van der Waals surface area contributed by atoms with Crippen LogP contribution in [0.1, 0.15) is 27.5 Å². The first-order chi connectivity index (χ1) is 12.6. The fourth-order valence-corrected chi connectivity index (χ4v) is 2.96. The molecule has 0 fully saturated rings. The summed E-state index contributed by atoms with van der Waals surface area (Å²) in [7, 11) is 0. The van der Waals surface area contributed by atoms with Crippen molar-refractivity contribution in [1.82, 2.24) is 10.3 Å². The number of aromatic nitrogens is 1. The maximum absolute atomic E-state index is 12.6. The van der Waals surface area contributed by atoms with Crippen LogP contribution in [0.3, 0.4) is 0 Å². The molecule has 5 heteroatoms. The van der Waals surface area contributed by atoms with Gasteiger partial charge in [-0.25, -0.2) is 0 Å². The number of carbonyl (C=O) groups excluding carboxylic acids is 1. The highest BCUT2D eigenvalue weighted by molar-refractivity contribution is 6.34. The minimum Gasteiger partial charge on any atom is -0.394 e. The summed E-state index contributed by atoms with van der Waals surface area (Å²) in [5.41, 5.74) is 4.21. The van der Waals surface area contributed by atoms with E-state index in [2.05, 4.69) is 10.3 Å². The van der Waals surface area contributed by atoms with Gasteiger partial charge in [0, 0.05) is 12.4 Å². The summed E-state index contributed by atoms with van der Waals surface area (Å²) in [4.78, 5) is 16.6. The van der Waals surface area contributed by atoms with Gasteiger partial charge >= 0.3 is 0 Å². The van der Waals surface area contributed by atoms with Crippen molar-refractivity contribution in [2.75, 3.05) is 6.61 Å². The highest BCUT2D eigenvalue weighted by Crippen LogP contribution is 2.26. The van der Waals surface area contributed by atoms with Gasteiger partial charge in [-0.2, -0.15) is 0 Å². The van der Waals surface area contributed by atoms with Gasteiger partial charge in [0.15, 0.2) is 0 Å². The lowest BCUT2D eigenvalue weighted by atomic mass is 10.0. The van der Waals surface area contributed by atoms with E-state index >= 15 is 0 Å². The molecule has 1 unspecified atom stereocenters. The Balaban J connectivity index is 1.80. The summed E-state index contributed by atoms with van der Waals surface area (Å²) in [6.07, 6.45) is 3.41. The number of amides is 1. The first-order valence-corrected chi connectivity index (χ1v) is 8.64. The van der Waals surface area contributed by atoms with Gasteiger partial charge in [0.2, 0.25) is 0 Å². The Kier molecular flexibility index (Phi) is 5.66. The van der Waals surface area contributed by atoms with Gasteiger partial charge in [-0.3, -0.25) is 9.78 Å².